The van der Waals surface area contributed by atoms with E-state index in [4.69, 9.17) is 4.74 Å². The fraction of sp³-hybridized carbons (Fsp3) is 0.778. The van der Waals surface area contributed by atoms with Crippen molar-refractivity contribution in [3.8, 4) is 0 Å². The summed E-state index contributed by atoms with van der Waals surface area (Å²) in [6.45, 7) is 4.80. The maximum atomic E-state index is 5.71. The smallest absolute Gasteiger partial charge is 0.0881 e. The van der Waals surface area contributed by atoms with E-state index in [-0.39, 0.29) is 6.10 Å². The van der Waals surface area contributed by atoms with E-state index >= 15 is 0 Å². The van der Waals surface area contributed by atoms with E-state index in [9.17, 15) is 0 Å². The van der Waals surface area contributed by atoms with E-state index in [0.29, 0.717) is 5.92 Å². The van der Waals surface area contributed by atoms with Gasteiger partial charge in [0.15, 0.2) is 0 Å². The Morgan fingerprint density at radius 3 is 3.21 bits per heavy atom. The van der Waals surface area contributed by atoms with E-state index in [0.717, 1.165) is 31.8 Å². The summed E-state index contributed by atoms with van der Waals surface area (Å²) >= 11 is 0. The minimum atomic E-state index is 0.235. The van der Waals surface area contributed by atoms with E-state index in [1.807, 2.05) is 0 Å². The molecular formula is C9H16N4O. The van der Waals surface area contributed by atoms with Gasteiger partial charge in [-0.2, -0.15) is 15.4 Å². The molecule has 1 fully saturated rings. The molecule has 5 heteroatoms. The molecule has 1 aliphatic heterocycles. The van der Waals surface area contributed by atoms with Gasteiger partial charge in [0.2, 0.25) is 0 Å². The van der Waals surface area contributed by atoms with Crippen molar-refractivity contribution < 1.29 is 4.74 Å². The lowest BCUT2D eigenvalue weighted by Crippen LogP contribution is -2.41. The Morgan fingerprint density at radius 2 is 2.64 bits per heavy atom. The van der Waals surface area contributed by atoms with Gasteiger partial charge in [0.1, 0.15) is 0 Å². The number of nitrogens with one attached hydrogen (secondary N) is 2. The van der Waals surface area contributed by atoms with Crippen LogP contribution in [0.25, 0.3) is 0 Å². The first-order valence-corrected chi connectivity index (χ1v) is 5.09. The van der Waals surface area contributed by atoms with Crippen molar-refractivity contribution >= 4 is 0 Å². The summed E-state index contributed by atoms with van der Waals surface area (Å²) in [6.07, 6.45) is 3.05. The van der Waals surface area contributed by atoms with Gasteiger partial charge in [-0.3, -0.25) is 0 Å². The van der Waals surface area contributed by atoms with Crippen molar-refractivity contribution in [3.05, 3.63) is 11.9 Å². The first kappa shape index (κ1) is 9.61. The molecule has 1 saturated heterocycles. The molecule has 0 radical (unpaired) electrons. The molecule has 1 aromatic rings. The van der Waals surface area contributed by atoms with Crippen LogP contribution in [-0.4, -0.2) is 41.2 Å². The van der Waals surface area contributed by atoms with Crippen LogP contribution in [0.5, 0.6) is 0 Å². The molecule has 2 unspecified atom stereocenters. The zero-order chi connectivity index (χ0) is 9.80. The number of aromatic nitrogens is 3. The molecule has 0 spiro atoms. The second kappa shape index (κ2) is 4.52. The van der Waals surface area contributed by atoms with Gasteiger partial charge >= 0.3 is 0 Å². The number of nitrogens with zero attached hydrogens (tertiary/aromatic N) is 2. The predicted molar refractivity (Wildman–Crippen MR) is 52.0 cm³/mol. The fourth-order valence-electron chi connectivity index (χ4n) is 1.90. The highest BCUT2D eigenvalue weighted by molar-refractivity contribution is 5.04. The van der Waals surface area contributed by atoms with Crippen LogP contribution in [-0.2, 0) is 4.74 Å². The van der Waals surface area contributed by atoms with E-state index in [1.54, 1.807) is 6.20 Å². The van der Waals surface area contributed by atoms with E-state index in [2.05, 4.69) is 27.7 Å². The number of ether oxygens (including phenoxy) is 1. The van der Waals surface area contributed by atoms with E-state index in [1.165, 1.54) is 0 Å². The first-order chi connectivity index (χ1) is 6.92. The van der Waals surface area contributed by atoms with Crippen LogP contribution in [0, 0.1) is 0 Å². The highest BCUT2D eigenvalue weighted by Gasteiger charge is 2.26. The van der Waals surface area contributed by atoms with Crippen LogP contribution < -0.4 is 5.32 Å². The van der Waals surface area contributed by atoms with E-state index < -0.39 is 0 Å². The monoisotopic (exact) mass is 196 g/mol. The topological polar surface area (TPSA) is 62.8 Å². The summed E-state index contributed by atoms with van der Waals surface area (Å²) in [6, 6.07) is 0. The van der Waals surface area contributed by atoms with Gasteiger partial charge in [0.05, 0.1) is 24.6 Å². The minimum Gasteiger partial charge on any atom is -0.375 e. The van der Waals surface area contributed by atoms with Crippen LogP contribution in [0.2, 0.25) is 0 Å². The standard InChI is InChI=1S/C9H16N4O/c1-2-7(8-5-11-13-12-8)9-6-10-3-4-14-9/h5,7,9-10H,2-4,6H2,1H3,(H,11,12,13). The van der Waals surface area contributed by atoms with Gasteiger partial charge < -0.3 is 10.1 Å². The molecule has 0 aromatic carbocycles. The third kappa shape index (κ3) is 1.93. The van der Waals surface area contributed by atoms with Crippen LogP contribution >= 0.6 is 0 Å². The Hall–Kier alpha value is -0.940. The van der Waals surface area contributed by atoms with Crippen LogP contribution in [0.1, 0.15) is 25.0 Å². The van der Waals surface area contributed by atoms with Gasteiger partial charge in [-0.05, 0) is 6.42 Å². The van der Waals surface area contributed by atoms with Crippen molar-refractivity contribution in [2.24, 2.45) is 0 Å². The molecule has 78 valence electrons. The SMILES string of the molecule is CCC(c1cn[nH]n1)C1CNCCO1. The predicted octanol–water partition coefficient (Wildman–Crippen LogP) is 0.287. The number of hydrogen-bond donors (Lipinski definition) is 2. The average molecular weight is 196 g/mol. The van der Waals surface area contributed by atoms with Gasteiger partial charge in [-0.15, -0.1) is 0 Å². The third-order valence-electron chi connectivity index (χ3n) is 2.66. The molecule has 2 atom stereocenters. The zero-order valence-electron chi connectivity index (χ0n) is 8.36. The van der Waals surface area contributed by atoms with Crippen LogP contribution in [0.3, 0.4) is 0 Å². The Bertz CT molecular complexity index is 256. The molecule has 1 aliphatic rings. The van der Waals surface area contributed by atoms with Crippen molar-refractivity contribution in [1.82, 2.24) is 20.7 Å². The Labute approximate surface area is 83.2 Å². The van der Waals surface area contributed by atoms with Gasteiger partial charge in [0.25, 0.3) is 0 Å². The minimum absolute atomic E-state index is 0.235. The second-order valence-corrected chi connectivity index (χ2v) is 3.52. The number of H-pyrrole nitrogens is 1. The molecule has 14 heavy (non-hydrogen) atoms. The zero-order valence-corrected chi connectivity index (χ0v) is 8.36. The molecule has 0 bridgehead atoms. The number of hydrogen-bond acceptors (Lipinski definition) is 4. The molecule has 2 heterocycles. The summed E-state index contributed by atoms with van der Waals surface area (Å²) in [5.74, 6) is 0.349. The lowest BCUT2D eigenvalue weighted by molar-refractivity contribution is 0.00939. The molecule has 1 aromatic heterocycles. The summed E-state index contributed by atoms with van der Waals surface area (Å²) in [7, 11) is 0. The van der Waals surface area contributed by atoms with Crippen LogP contribution in [0.15, 0.2) is 6.20 Å². The van der Waals surface area contributed by atoms with Crippen molar-refractivity contribution in [3.63, 3.8) is 0 Å². The third-order valence-corrected chi connectivity index (χ3v) is 2.66. The molecule has 5 nitrogen and oxygen atoms in total. The summed E-state index contributed by atoms with van der Waals surface area (Å²) in [5, 5.41) is 13.9. The van der Waals surface area contributed by atoms with Crippen molar-refractivity contribution in [1.29, 1.82) is 0 Å². The fourth-order valence-corrected chi connectivity index (χ4v) is 1.90. The molecular weight excluding hydrogens is 180 g/mol. The highest BCUT2D eigenvalue weighted by Crippen LogP contribution is 2.23. The molecule has 2 rings (SSSR count). The average Bonchev–Trinajstić information content (AvgIpc) is 2.74. The van der Waals surface area contributed by atoms with Crippen molar-refractivity contribution in [2.45, 2.75) is 25.4 Å². The second-order valence-electron chi connectivity index (χ2n) is 3.52. The summed E-state index contributed by atoms with van der Waals surface area (Å²) in [5.41, 5.74) is 1.00. The van der Waals surface area contributed by atoms with Gasteiger partial charge in [-0.25, -0.2) is 0 Å². The van der Waals surface area contributed by atoms with Crippen molar-refractivity contribution in [2.75, 3.05) is 19.7 Å². The maximum absolute atomic E-state index is 5.71. The molecule has 0 amide bonds. The highest BCUT2D eigenvalue weighted by atomic mass is 16.5. The molecule has 0 aliphatic carbocycles. The van der Waals surface area contributed by atoms with Gasteiger partial charge in [-0.1, -0.05) is 6.92 Å². The quantitative estimate of drug-likeness (QED) is 0.729. The molecule has 2 N–H and O–H groups in total. The molecule has 0 saturated carbocycles. The largest absolute Gasteiger partial charge is 0.375 e. The Kier molecular flexibility index (Phi) is 3.10. The van der Waals surface area contributed by atoms with Crippen LogP contribution in [0.4, 0.5) is 0 Å². The lowest BCUT2D eigenvalue weighted by Gasteiger charge is -2.29. The maximum Gasteiger partial charge on any atom is 0.0881 e. The first-order valence-electron chi connectivity index (χ1n) is 5.09. The summed E-state index contributed by atoms with van der Waals surface area (Å²) in [4.78, 5) is 0. The summed E-state index contributed by atoms with van der Waals surface area (Å²) < 4.78 is 5.71. The normalized spacial score (nSPS) is 24.8. The van der Waals surface area contributed by atoms with Gasteiger partial charge in [0, 0.05) is 19.0 Å². The Balaban J connectivity index is 2.04. The lowest BCUT2D eigenvalue weighted by atomic mass is 9.95. The number of morpholine rings is 1. The number of aromatic amines is 1. The number of rotatable bonds is 3. The Morgan fingerprint density at radius 1 is 1.71 bits per heavy atom.